The molecule has 1 amide bonds. The van der Waals surface area contributed by atoms with E-state index in [4.69, 9.17) is 11.6 Å². The highest BCUT2D eigenvalue weighted by molar-refractivity contribution is 7.89. The molecule has 146 valence electrons. The topological polar surface area (TPSA) is 57.7 Å². The highest BCUT2D eigenvalue weighted by atomic mass is 35.5. The van der Waals surface area contributed by atoms with Crippen LogP contribution in [-0.4, -0.2) is 43.7 Å². The Morgan fingerprint density at radius 3 is 2.33 bits per heavy atom. The minimum Gasteiger partial charge on any atom is -0.337 e. The molecular formula is C20H25ClN2O3S. The van der Waals surface area contributed by atoms with Gasteiger partial charge in [-0.05, 0) is 42.3 Å². The number of aryl methyl sites for hydroxylation is 1. The number of rotatable bonds is 7. The summed E-state index contributed by atoms with van der Waals surface area (Å²) in [5.41, 5.74) is 1.87. The molecule has 0 heterocycles. The predicted octanol–water partition coefficient (Wildman–Crippen LogP) is 3.95. The zero-order valence-electron chi connectivity index (χ0n) is 16.1. The van der Waals surface area contributed by atoms with Crippen LogP contribution < -0.4 is 0 Å². The van der Waals surface area contributed by atoms with E-state index in [0.717, 1.165) is 5.56 Å². The van der Waals surface area contributed by atoms with E-state index in [2.05, 4.69) is 0 Å². The number of hydrogen-bond donors (Lipinski definition) is 0. The normalized spacial score (nSPS) is 11.6. The number of carbonyl (C=O) groups is 1. The minimum absolute atomic E-state index is 0.174. The molecule has 27 heavy (non-hydrogen) atoms. The molecule has 5 nitrogen and oxygen atoms in total. The van der Waals surface area contributed by atoms with Gasteiger partial charge in [-0.3, -0.25) is 4.79 Å². The number of benzene rings is 2. The number of halogens is 1. The van der Waals surface area contributed by atoms with Crippen LogP contribution in [0, 0.1) is 6.92 Å². The first-order chi connectivity index (χ1) is 12.7. The van der Waals surface area contributed by atoms with Crippen molar-refractivity contribution in [1.29, 1.82) is 0 Å². The molecule has 0 aliphatic heterocycles. The van der Waals surface area contributed by atoms with E-state index in [1.165, 1.54) is 10.4 Å². The van der Waals surface area contributed by atoms with Gasteiger partial charge in [0.15, 0.2) is 0 Å². The van der Waals surface area contributed by atoms with Crippen LogP contribution in [0.1, 0.15) is 35.3 Å². The van der Waals surface area contributed by atoms with Crippen molar-refractivity contribution in [2.24, 2.45) is 0 Å². The third kappa shape index (κ3) is 4.89. The summed E-state index contributed by atoms with van der Waals surface area (Å²) in [6.07, 6.45) is 0. The van der Waals surface area contributed by atoms with Crippen LogP contribution in [0.15, 0.2) is 47.4 Å². The zero-order chi connectivity index (χ0) is 20.2. The van der Waals surface area contributed by atoms with Crippen molar-refractivity contribution in [1.82, 2.24) is 9.21 Å². The Bertz CT molecular complexity index is 925. The van der Waals surface area contributed by atoms with Gasteiger partial charge in [-0.2, -0.15) is 4.31 Å². The summed E-state index contributed by atoms with van der Waals surface area (Å²) in [6, 6.07) is 12.1. The Labute approximate surface area is 166 Å². The molecule has 0 aliphatic rings. The van der Waals surface area contributed by atoms with Crippen LogP contribution in [0.3, 0.4) is 0 Å². The Morgan fingerprint density at radius 2 is 1.74 bits per heavy atom. The highest BCUT2D eigenvalue weighted by Crippen LogP contribution is 2.22. The van der Waals surface area contributed by atoms with Crippen molar-refractivity contribution in [3.05, 3.63) is 64.2 Å². The third-order valence-corrected chi connectivity index (χ3v) is 6.84. The zero-order valence-corrected chi connectivity index (χ0v) is 17.6. The average molecular weight is 409 g/mol. The summed E-state index contributed by atoms with van der Waals surface area (Å²) in [7, 11) is -1.95. The second-order valence-electron chi connectivity index (χ2n) is 6.36. The molecule has 2 rings (SSSR count). The summed E-state index contributed by atoms with van der Waals surface area (Å²) >= 11 is 6.00. The van der Waals surface area contributed by atoms with Crippen molar-refractivity contribution in [3.8, 4) is 0 Å². The molecule has 0 aliphatic carbocycles. The largest absolute Gasteiger partial charge is 0.337 e. The SMILES string of the molecule is CCN(CC)S(=O)(=O)c1cc(C(=O)N(C)Cc2cccc(Cl)c2)ccc1C. The second-order valence-corrected chi connectivity index (χ2v) is 8.70. The summed E-state index contributed by atoms with van der Waals surface area (Å²) in [5, 5.41) is 0.608. The molecule has 0 atom stereocenters. The lowest BCUT2D eigenvalue weighted by Crippen LogP contribution is -2.31. The first-order valence-corrected chi connectivity index (χ1v) is 10.6. The molecule has 0 bridgehead atoms. The van der Waals surface area contributed by atoms with Gasteiger partial charge in [0.1, 0.15) is 0 Å². The Kier molecular flexibility index (Phi) is 7.03. The van der Waals surface area contributed by atoms with Crippen LogP contribution in [0.2, 0.25) is 5.02 Å². The van der Waals surface area contributed by atoms with Gasteiger partial charge in [0.2, 0.25) is 10.0 Å². The highest BCUT2D eigenvalue weighted by Gasteiger charge is 2.25. The summed E-state index contributed by atoms with van der Waals surface area (Å²) in [4.78, 5) is 14.5. The molecule has 0 radical (unpaired) electrons. The van der Waals surface area contributed by atoms with E-state index in [1.807, 2.05) is 12.1 Å². The monoisotopic (exact) mass is 408 g/mol. The van der Waals surface area contributed by atoms with E-state index >= 15 is 0 Å². The molecule has 0 saturated carbocycles. The fraction of sp³-hybridized carbons (Fsp3) is 0.350. The molecule has 0 spiro atoms. The Morgan fingerprint density at radius 1 is 1.07 bits per heavy atom. The molecule has 0 saturated heterocycles. The molecule has 2 aromatic rings. The fourth-order valence-electron chi connectivity index (χ4n) is 2.92. The maximum atomic E-state index is 12.9. The fourth-order valence-corrected chi connectivity index (χ4v) is 4.84. The molecule has 2 aromatic carbocycles. The summed E-state index contributed by atoms with van der Waals surface area (Å²) in [6.45, 7) is 6.47. The Hall–Kier alpha value is -1.89. The quantitative estimate of drug-likeness (QED) is 0.696. The lowest BCUT2D eigenvalue weighted by molar-refractivity contribution is 0.0785. The minimum atomic E-state index is -3.63. The first kappa shape index (κ1) is 21.4. The summed E-state index contributed by atoms with van der Waals surface area (Å²) in [5.74, 6) is -0.244. The van der Waals surface area contributed by atoms with Crippen LogP contribution in [0.25, 0.3) is 0 Å². The third-order valence-electron chi connectivity index (χ3n) is 4.41. The van der Waals surface area contributed by atoms with Crippen molar-refractivity contribution < 1.29 is 13.2 Å². The molecular weight excluding hydrogens is 384 g/mol. The van der Waals surface area contributed by atoms with Crippen molar-refractivity contribution in [2.45, 2.75) is 32.2 Å². The van der Waals surface area contributed by atoms with E-state index in [-0.39, 0.29) is 10.8 Å². The van der Waals surface area contributed by atoms with Gasteiger partial charge in [-0.25, -0.2) is 8.42 Å². The van der Waals surface area contributed by atoms with Crippen molar-refractivity contribution in [2.75, 3.05) is 20.1 Å². The smallest absolute Gasteiger partial charge is 0.253 e. The van der Waals surface area contributed by atoms with Gasteiger partial charge in [0.25, 0.3) is 5.91 Å². The number of sulfonamides is 1. The van der Waals surface area contributed by atoms with Gasteiger partial charge < -0.3 is 4.90 Å². The van der Waals surface area contributed by atoms with Crippen molar-refractivity contribution in [3.63, 3.8) is 0 Å². The number of hydrogen-bond acceptors (Lipinski definition) is 3. The van der Waals surface area contributed by atoms with Crippen LogP contribution in [0.5, 0.6) is 0 Å². The lowest BCUT2D eigenvalue weighted by Gasteiger charge is -2.21. The number of carbonyl (C=O) groups excluding carboxylic acids is 1. The van der Waals surface area contributed by atoms with Gasteiger partial charge >= 0.3 is 0 Å². The van der Waals surface area contributed by atoms with Gasteiger partial charge in [0, 0.05) is 37.3 Å². The average Bonchev–Trinajstić information content (AvgIpc) is 2.62. The molecule has 0 fully saturated rings. The van der Waals surface area contributed by atoms with Gasteiger partial charge in [-0.1, -0.05) is 43.6 Å². The van der Waals surface area contributed by atoms with Crippen LogP contribution in [-0.2, 0) is 16.6 Å². The van der Waals surface area contributed by atoms with Crippen LogP contribution in [0.4, 0.5) is 0 Å². The summed E-state index contributed by atoms with van der Waals surface area (Å²) < 4.78 is 27.1. The number of amides is 1. The lowest BCUT2D eigenvalue weighted by atomic mass is 10.1. The number of nitrogens with zero attached hydrogens (tertiary/aromatic N) is 2. The standard InChI is InChI=1S/C20H25ClN2O3S/c1-5-23(6-2)27(25,26)19-13-17(11-10-15(19)3)20(24)22(4)14-16-8-7-9-18(21)12-16/h7-13H,5-6,14H2,1-4H3. The maximum Gasteiger partial charge on any atom is 0.253 e. The van der Waals surface area contributed by atoms with E-state index < -0.39 is 10.0 Å². The van der Waals surface area contributed by atoms with Gasteiger partial charge in [-0.15, -0.1) is 0 Å². The first-order valence-electron chi connectivity index (χ1n) is 8.81. The molecule has 0 unspecified atom stereocenters. The predicted molar refractivity (Wildman–Crippen MR) is 109 cm³/mol. The molecule has 7 heteroatoms. The van der Waals surface area contributed by atoms with E-state index in [1.54, 1.807) is 57.0 Å². The second kappa shape index (κ2) is 8.87. The maximum absolute atomic E-state index is 12.9. The van der Waals surface area contributed by atoms with Gasteiger partial charge in [0.05, 0.1) is 4.90 Å². The van der Waals surface area contributed by atoms with E-state index in [9.17, 15) is 13.2 Å². The molecule has 0 N–H and O–H groups in total. The van der Waals surface area contributed by atoms with Crippen LogP contribution >= 0.6 is 11.6 Å². The van der Waals surface area contributed by atoms with Crippen molar-refractivity contribution >= 4 is 27.5 Å². The van der Waals surface area contributed by atoms with E-state index in [0.29, 0.717) is 35.8 Å². The molecule has 0 aromatic heterocycles. The Balaban J connectivity index is 2.32.